The van der Waals surface area contributed by atoms with E-state index in [0.29, 0.717) is 16.1 Å². The number of hydrogen-bond donors (Lipinski definition) is 4. The van der Waals surface area contributed by atoms with E-state index in [9.17, 15) is 22.8 Å². The van der Waals surface area contributed by atoms with Crippen molar-refractivity contribution in [3.05, 3.63) is 118 Å². The van der Waals surface area contributed by atoms with Crippen molar-refractivity contribution in [1.82, 2.24) is 15.4 Å². The number of hydrogen-bond acceptors (Lipinski definition) is 8. The van der Waals surface area contributed by atoms with Gasteiger partial charge in [0, 0.05) is 12.1 Å². The maximum atomic E-state index is 13.1. The molecule has 0 bridgehead atoms. The van der Waals surface area contributed by atoms with Crippen molar-refractivity contribution < 1.29 is 27.5 Å². The van der Waals surface area contributed by atoms with Crippen molar-refractivity contribution in [3.8, 4) is 0 Å². The molecule has 1 heterocycles. The average molecular weight is 623 g/mol. The van der Waals surface area contributed by atoms with Gasteiger partial charge in [0.05, 0.1) is 9.77 Å². The number of benzene rings is 3. The highest BCUT2D eigenvalue weighted by molar-refractivity contribution is 7.90. The van der Waals surface area contributed by atoms with Crippen LogP contribution in [0, 0.1) is 0 Å². The molecule has 0 aliphatic carbocycles. The summed E-state index contributed by atoms with van der Waals surface area (Å²) >= 11 is 6.42. The van der Waals surface area contributed by atoms with Gasteiger partial charge in [0.1, 0.15) is 12.6 Å². The fraction of sp³-hybridized carbons (Fsp3) is 0.103. The molecule has 0 fully saturated rings. The van der Waals surface area contributed by atoms with Gasteiger partial charge in [0.25, 0.3) is 21.8 Å². The van der Waals surface area contributed by atoms with E-state index in [2.05, 4.69) is 16.0 Å². The molecule has 10 nitrogen and oxygen atoms in total. The number of carbonyl (C=O) groups is 3. The van der Waals surface area contributed by atoms with Gasteiger partial charge < -0.3 is 15.4 Å². The quantitative estimate of drug-likeness (QED) is 0.193. The topological polar surface area (TPSA) is 143 Å². The van der Waals surface area contributed by atoms with Crippen molar-refractivity contribution in [2.24, 2.45) is 0 Å². The van der Waals surface area contributed by atoms with E-state index in [1.54, 1.807) is 72.1 Å². The number of sulfonamides is 1. The van der Waals surface area contributed by atoms with Gasteiger partial charge in [0.2, 0.25) is 0 Å². The number of ether oxygens (including phenoxy) is 1. The lowest BCUT2D eigenvalue weighted by Crippen LogP contribution is -2.49. The van der Waals surface area contributed by atoms with E-state index >= 15 is 0 Å². The predicted octanol–water partition coefficient (Wildman–Crippen LogP) is 4.22. The van der Waals surface area contributed by atoms with Crippen LogP contribution in [0.1, 0.15) is 20.8 Å². The third-order valence-electron chi connectivity index (χ3n) is 5.73. The second-order valence-electron chi connectivity index (χ2n) is 8.83. The highest BCUT2D eigenvalue weighted by Gasteiger charge is 2.27. The van der Waals surface area contributed by atoms with Crippen LogP contribution in [-0.2, 0) is 32.6 Å². The standard InChI is InChI=1S/C29H26N4O6S3/c34-26(24(18-20-8-3-1-4-9-20)31-29(36)39-19-21-10-5-2-6-11-21)33-42(37,38)23-15-13-22(14-16-23)30-28(40)32-27(35)25-12-7-17-41-25/h1-17,24H,18-19H2,(H,31,36)(H,33,34)(H2,30,32,35,40)/t24-/m0/s1. The fourth-order valence-corrected chi connectivity index (χ4v) is 5.53. The van der Waals surface area contributed by atoms with Gasteiger partial charge in [-0.15, -0.1) is 11.3 Å². The molecule has 216 valence electrons. The molecule has 0 saturated heterocycles. The number of amides is 3. The Morgan fingerprint density at radius 1 is 0.833 bits per heavy atom. The highest BCUT2D eigenvalue weighted by atomic mass is 32.2. The SMILES string of the molecule is O=C(N[C@@H](Cc1ccccc1)C(=O)NS(=O)(=O)c1ccc(NC(=S)NC(=O)c2cccs2)cc1)OCc1ccccc1. The van der Waals surface area contributed by atoms with Crippen LogP contribution in [0.2, 0.25) is 0 Å². The Balaban J connectivity index is 1.38. The molecule has 0 aliphatic heterocycles. The van der Waals surface area contributed by atoms with Crippen LogP contribution in [-0.4, -0.2) is 37.5 Å². The Hall–Kier alpha value is -4.59. The van der Waals surface area contributed by atoms with E-state index in [-0.39, 0.29) is 28.9 Å². The lowest BCUT2D eigenvalue weighted by molar-refractivity contribution is -0.121. The van der Waals surface area contributed by atoms with Crippen LogP contribution in [0.4, 0.5) is 10.5 Å². The van der Waals surface area contributed by atoms with E-state index < -0.39 is 28.1 Å². The minimum absolute atomic E-state index is 0.0216. The molecule has 42 heavy (non-hydrogen) atoms. The van der Waals surface area contributed by atoms with Crippen LogP contribution in [0.25, 0.3) is 0 Å². The Morgan fingerprint density at radius 3 is 2.10 bits per heavy atom. The Kier molecular flexibility index (Phi) is 10.4. The largest absolute Gasteiger partial charge is 0.445 e. The lowest BCUT2D eigenvalue weighted by Gasteiger charge is -2.19. The van der Waals surface area contributed by atoms with Gasteiger partial charge in [-0.25, -0.2) is 17.9 Å². The van der Waals surface area contributed by atoms with Gasteiger partial charge in [-0.2, -0.15) is 0 Å². The van der Waals surface area contributed by atoms with Crippen molar-refractivity contribution in [2.45, 2.75) is 24.0 Å². The summed E-state index contributed by atoms with van der Waals surface area (Å²) in [6, 6.07) is 25.4. The Labute approximate surface area is 252 Å². The molecule has 4 N–H and O–H groups in total. The van der Waals surface area contributed by atoms with E-state index in [1.807, 2.05) is 10.8 Å². The zero-order chi connectivity index (χ0) is 30.0. The molecule has 4 rings (SSSR count). The summed E-state index contributed by atoms with van der Waals surface area (Å²) in [6.07, 6.45) is -0.843. The third-order valence-corrected chi connectivity index (χ3v) is 8.17. The van der Waals surface area contributed by atoms with Crippen molar-refractivity contribution in [1.29, 1.82) is 0 Å². The maximum Gasteiger partial charge on any atom is 0.408 e. The number of alkyl carbamates (subject to hydrolysis) is 1. The normalized spacial score (nSPS) is 11.5. The molecule has 1 aromatic heterocycles. The second kappa shape index (κ2) is 14.3. The summed E-state index contributed by atoms with van der Waals surface area (Å²) in [4.78, 5) is 38.1. The Bertz CT molecular complexity index is 1630. The van der Waals surface area contributed by atoms with Crippen molar-refractivity contribution in [2.75, 3.05) is 5.32 Å². The first-order valence-electron chi connectivity index (χ1n) is 12.5. The number of rotatable bonds is 10. The molecule has 4 aromatic rings. The lowest BCUT2D eigenvalue weighted by atomic mass is 10.1. The van der Waals surface area contributed by atoms with Crippen LogP contribution in [0.15, 0.2) is 107 Å². The van der Waals surface area contributed by atoms with E-state index in [4.69, 9.17) is 17.0 Å². The van der Waals surface area contributed by atoms with Crippen LogP contribution in [0.5, 0.6) is 0 Å². The number of thiophene rings is 1. The molecular formula is C29H26N4O6S3. The number of nitrogens with one attached hydrogen (secondary N) is 4. The summed E-state index contributed by atoms with van der Waals surface area (Å²) in [5.74, 6) is -1.30. The minimum Gasteiger partial charge on any atom is -0.445 e. The minimum atomic E-state index is -4.30. The first-order chi connectivity index (χ1) is 20.2. The number of thiocarbonyl (C=S) groups is 1. The zero-order valence-electron chi connectivity index (χ0n) is 22.0. The molecule has 0 radical (unpaired) electrons. The summed E-state index contributed by atoms with van der Waals surface area (Å²) < 4.78 is 33.3. The van der Waals surface area contributed by atoms with Crippen LogP contribution < -0.4 is 20.7 Å². The van der Waals surface area contributed by atoms with E-state index in [1.165, 1.54) is 35.6 Å². The van der Waals surface area contributed by atoms with Crippen molar-refractivity contribution in [3.63, 3.8) is 0 Å². The molecule has 13 heteroatoms. The molecular weight excluding hydrogens is 597 g/mol. The molecule has 3 amide bonds. The monoisotopic (exact) mass is 622 g/mol. The number of carbonyl (C=O) groups excluding carboxylic acids is 3. The molecule has 0 aliphatic rings. The fourth-order valence-electron chi connectivity index (χ4n) is 3.68. The zero-order valence-corrected chi connectivity index (χ0v) is 24.4. The summed E-state index contributed by atoms with van der Waals surface area (Å²) in [7, 11) is -4.30. The smallest absolute Gasteiger partial charge is 0.408 e. The molecule has 0 saturated carbocycles. The van der Waals surface area contributed by atoms with Gasteiger partial charge in [-0.05, 0) is 59.1 Å². The van der Waals surface area contributed by atoms with Crippen LogP contribution in [0.3, 0.4) is 0 Å². The van der Waals surface area contributed by atoms with E-state index in [0.717, 1.165) is 5.56 Å². The van der Waals surface area contributed by atoms with Gasteiger partial charge in [0.15, 0.2) is 5.11 Å². The maximum absolute atomic E-state index is 13.1. The average Bonchev–Trinajstić information content (AvgIpc) is 3.52. The van der Waals surface area contributed by atoms with Gasteiger partial charge in [-0.1, -0.05) is 66.7 Å². The van der Waals surface area contributed by atoms with Gasteiger partial charge >= 0.3 is 6.09 Å². The molecule has 1 atom stereocenters. The third kappa shape index (κ3) is 8.96. The summed E-state index contributed by atoms with van der Waals surface area (Å²) in [5, 5.41) is 9.61. The second-order valence-corrected chi connectivity index (χ2v) is 11.9. The Morgan fingerprint density at radius 2 is 1.48 bits per heavy atom. The first-order valence-corrected chi connectivity index (χ1v) is 15.3. The van der Waals surface area contributed by atoms with Crippen LogP contribution >= 0.6 is 23.6 Å². The molecule has 0 spiro atoms. The predicted molar refractivity (Wildman–Crippen MR) is 163 cm³/mol. The van der Waals surface area contributed by atoms with Gasteiger partial charge in [-0.3, -0.25) is 14.9 Å². The first kappa shape index (κ1) is 30.4. The summed E-state index contributed by atoms with van der Waals surface area (Å²) in [5.41, 5.74) is 1.88. The summed E-state index contributed by atoms with van der Waals surface area (Å²) in [6.45, 7) is -0.0216. The van der Waals surface area contributed by atoms with Crippen molar-refractivity contribution >= 4 is 62.3 Å². The highest BCUT2D eigenvalue weighted by Crippen LogP contribution is 2.15. The molecule has 0 unspecified atom stereocenters. The molecule has 3 aromatic carbocycles. The number of anilines is 1.